The highest BCUT2D eigenvalue weighted by molar-refractivity contribution is 5.85. The van der Waals surface area contributed by atoms with Crippen LogP contribution in [-0.2, 0) is 14.4 Å². The third-order valence-corrected chi connectivity index (χ3v) is 4.12. The number of hydrogen-bond acceptors (Lipinski definition) is 5. The molecule has 0 saturated carbocycles. The second kappa shape index (κ2) is 9.71. The van der Waals surface area contributed by atoms with Crippen molar-refractivity contribution in [3.8, 4) is 0 Å². The van der Waals surface area contributed by atoms with Crippen molar-refractivity contribution in [2.24, 2.45) is 5.73 Å². The van der Waals surface area contributed by atoms with Crippen LogP contribution in [-0.4, -0.2) is 68.4 Å². The molecule has 1 aliphatic heterocycles. The summed E-state index contributed by atoms with van der Waals surface area (Å²) < 4.78 is 13.0. The second-order valence-electron chi connectivity index (χ2n) is 5.93. The van der Waals surface area contributed by atoms with Crippen LogP contribution in [0, 0.1) is 5.82 Å². The van der Waals surface area contributed by atoms with Gasteiger partial charge in [0.15, 0.2) is 0 Å². The molecule has 0 atom stereocenters. The molecule has 0 spiro atoms. The van der Waals surface area contributed by atoms with Gasteiger partial charge in [-0.3, -0.25) is 14.4 Å². The predicted octanol–water partition coefficient (Wildman–Crippen LogP) is -0.944. The van der Waals surface area contributed by atoms with E-state index in [1.54, 1.807) is 17.0 Å². The summed E-state index contributed by atoms with van der Waals surface area (Å²) in [5, 5.41) is 4.94. The van der Waals surface area contributed by atoms with Crippen LogP contribution in [0.25, 0.3) is 0 Å². The summed E-state index contributed by atoms with van der Waals surface area (Å²) in [5.74, 6) is -1.07. The molecule has 0 aliphatic carbocycles. The Hall–Kier alpha value is -2.68. The fourth-order valence-corrected chi connectivity index (χ4v) is 2.65. The van der Waals surface area contributed by atoms with E-state index in [-0.39, 0.29) is 43.7 Å². The zero-order valence-electron chi connectivity index (χ0n) is 14.5. The lowest BCUT2D eigenvalue weighted by Crippen LogP contribution is -2.49. The van der Waals surface area contributed by atoms with Crippen molar-refractivity contribution in [1.29, 1.82) is 0 Å². The Morgan fingerprint density at radius 2 is 1.65 bits per heavy atom. The quantitative estimate of drug-likeness (QED) is 0.578. The van der Waals surface area contributed by atoms with E-state index in [9.17, 15) is 18.8 Å². The van der Waals surface area contributed by atoms with Gasteiger partial charge in [0.1, 0.15) is 5.82 Å². The highest BCUT2D eigenvalue weighted by Gasteiger charge is 2.21. The summed E-state index contributed by atoms with van der Waals surface area (Å²) >= 11 is 0. The number of rotatable bonds is 7. The topological polar surface area (TPSA) is 108 Å². The zero-order valence-corrected chi connectivity index (χ0v) is 14.5. The maximum Gasteiger partial charge on any atom is 0.239 e. The molecular formula is C17H24FN5O3. The first-order valence-corrected chi connectivity index (χ1v) is 8.51. The van der Waals surface area contributed by atoms with Crippen molar-refractivity contribution in [2.45, 2.75) is 6.42 Å². The number of halogens is 1. The van der Waals surface area contributed by atoms with Gasteiger partial charge in [-0.1, -0.05) is 0 Å². The first kappa shape index (κ1) is 19.6. The van der Waals surface area contributed by atoms with Crippen LogP contribution in [0.4, 0.5) is 10.1 Å². The lowest BCUT2D eigenvalue weighted by atomic mass is 10.2. The first-order valence-electron chi connectivity index (χ1n) is 8.51. The van der Waals surface area contributed by atoms with Crippen LogP contribution < -0.4 is 21.3 Å². The van der Waals surface area contributed by atoms with Gasteiger partial charge in [0.05, 0.1) is 13.1 Å². The van der Waals surface area contributed by atoms with E-state index in [1.165, 1.54) is 12.1 Å². The van der Waals surface area contributed by atoms with E-state index in [4.69, 9.17) is 5.73 Å². The van der Waals surface area contributed by atoms with E-state index < -0.39 is 5.91 Å². The summed E-state index contributed by atoms with van der Waals surface area (Å²) in [6.45, 7) is 2.40. The molecule has 0 aromatic heterocycles. The normalized spacial score (nSPS) is 14.1. The number of anilines is 1. The smallest absolute Gasteiger partial charge is 0.239 e. The number of nitrogens with two attached hydrogens (primary N) is 1. The molecule has 4 N–H and O–H groups in total. The maximum absolute atomic E-state index is 13.0. The molecule has 1 aromatic carbocycles. The number of piperazine rings is 1. The van der Waals surface area contributed by atoms with Crippen molar-refractivity contribution >= 4 is 23.4 Å². The SMILES string of the molecule is NCC(=O)NCC(=O)NCCC(=O)N1CCN(c2ccc(F)cc2)CC1. The average molecular weight is 365 g/mol. The molecule has 1 heterocycles. The number of nitrogens with zero attached hydrogens (tertiary/aromatic N) is 2. The average Bonchev–Trinajstić information content (AvgIpc) is 2.66. The zero-order chi connectivity index (χ0) is 18.9. The van der Waals surface area contributed by atoms with Gasteiger partial charge in [-0.05, 0) is 24.3 Å². The molecule has 26 heavy (non-hydrogen) atoms. The monoisotopic (exact) mass is 365 g/mol. The Kier molecular flexibility index (Phi) is 7.34. The Bertz CT molecular complexity index is 630. The third kappa shape index (κ3) is 5.99. The third-order valence-electron chi connectivity index (χ3n) is 4.12. The molecule has 0 bridgehead atoms. The molecule has 0 radical (unpaired) electrons. The fourth-order valence-electron chi connectivity index (χ4n) is 2.65. The first-order chi connectivity index (χ1) is 12.5. The molecule has 142 valence electrons. The number of nitrogens with one attached hydrogen (secondary N) is 2. The Morgan fingerprint density at radius 3 is 2.27 bits per heavy atom. The summed E-state index contributed by atoms with van der Waals surface area (Å²) in [6, 6.07) is 6.30. The van der Waals surface area contributed by atoms with Gasteiger partial charge in [-0.15, -0.1) is 0 Å². The Labute approximate surface area is 151 Å². The van der Waals surface area contributed by atoms with Gasteiger partial charge < -0.3 is 26.2 Å². The van der Waals surface area contributed by atoms with Crippen molar-refractivity contribution < 1.29 is 18.8 Å². The van der Waals surface area contributed by atoms with Crippen LogP contribution >= 0.6 is 0 Å². The highest BCUT2D eigenvalue weighted by Crippen LogP contribution is 2.17. The molecule has 8 nitrogen and oxygen atoms in total. The van der Waals surface area contributed by atoms with Crippen LogP contribution in [0.2, 0.25) is 0 Å². The minimum absolute atomic E-state index is 0.0324. The lowest BCUT2D eigenvalue weighted by Gasteiger charge is -2.36. The van der Waals surface area contributed by atoms with Gasteiger partial charge >= 0.3 is 0 Å². The molecule has 3 amide bonds. The molecule has 9 heteroatoms. The molecule has 1 aromatic rings. The Morgan fingerprint density at radius 1 is 1.00 bits per heavy atom. The van der Waals surface area contributed by atoms with Gasteiger partial charge in [0.25, 0.3) is 0 Å². The molecule has 1 aliphatic rings. The number of amides is 3. The number of carbonyl (C=O) groups is 3. The van der Waals surface area contributed by atoms with Crippen LogP contribution in [0.3, 0.4) is 0 Å². The van der Waals surface area contributed by atoms with Gasteiger partial charge in [0.2, 0.25) is 17.7 Å². The summed E-state index contributed by atoms with van der Waals surface area (Å²) in [5.41, 5.74) is 6.06. The summed E-state index contributed by atoms with van der Waals surface area (Å²) in [6.07, 6.45) is 0.202. The largest absolute Gasteiger partial charge is 0.368 e. The standard InChI is InChI=1S/C17H24FN5O3/c18-13-1-3-14(4-2-13)22-7-9-23(10-8-22)17(26)5-6-20-16(25)12-21-15(24)11-19/h1-4H,5-12,19H2,(H,20,25)(H,21,24). The molecule has 1 saturated heterocycles. The van der Waals surface area contributed by atoms with Gasteiger partial charge in [-0.25, -0.2) is 4.39 Å². The van der Waals surface area contributed by atoms with E-state index in [0.717, 1.165) is 5.69 Å². The van der Waals surface area contributed by atoms with E-state index in [0.29, 0.717) is 26.2 Å². The predicted molar refractivity (Wildman–Crippen MR) is 94.9 cm³/mol. The minimum atomic E-state index is -0.407. The number of benzene rings is 1. The van der Waals surface area contributed by atoms with Gasteiger partial charge in [0, 0.05) is 44.8 Å². The minimum Gasteiger partial charge on any atom is -0.368 e. The Balaban J connectivity index is 1.66. The maximum atomic E-state index is 13.0. The summed E-state index contributed by atoms with van der Waals surface area (Å²) in [7, 11) is 0. The molecular weight excluding hydrogens is 341 g/mol. The number of hydrogen-bond donors (Lipinski definition) is 3. The molecule has 0 unspecified atom stereocenters. The van der Waals surface area contributed by atoms with Crippen molar-refractivity contribution in [2.75, 3.05) is 50.7 Å². The second-order valence-corrected chi connectivity index (χ2v) is 5.93. The fraction of sp³-hybridized carbons (Fsp3) is 0.471. The number of carbonyl (C=O) groups excluding carboxylic acids is 3. The molecule has 1 fully saturated rings. The van der Waals surface area contributed by atoms with Crippen LogP contribution in [0.5, 0.6) is 0 Å². The van der Waals surface area contributed by atoms with E-state index >= 15 is 0 Å². The van der Waals surface area contributed by atoms with Crippen molar-refractivity contribution in [3.63, 3.8) is 0 Å². The van der Waals surface area contributed by atoms with Gasteiger partial charge in [-0.2, -0.15) is 0 Å². The van der Waals surface area contributed by atoms with E-state index in [1.807, 2.05) is 0 Å². The summed E-state index contributed by atoms with van der Waals surface area (Å²) in [4.78, 5) is 38.5. The van der Waals surface area contributed by atoms with Crippen LogP contribution in [0.1, 0.15) is 6.42 Å². The molecule has 2 rings (SSSR count). The van der Waals surface area contributed by atoms with E-state index in [2.05, 4.69) is 15.5 Å². The van der Waals surface area contributed by atoms with Crippen LogP contribution in [0.15, 0.2) is 24.3 Å². The lowest BCUT2D eigenvalue weighted by molar-refractivity contribution is -0.131. The van der Waals surface area contributed by atoms with Crippen molar-refractivity contribution in [1.82, 2.24) is 15.5 Å². The van der Waals surface area contributed by atoms with Crippen molar-refractivity contribution in [3.05, 3.63) is 30.1 Å². The highest BCUT2D eigenvalue weighted by atomic mass is 19.1.